The van der Waals surface area contributed by atoms with Crippen LogP contribution in [-0.2, 0) is 19.1 Å². The molecule has 20 heavy (non-hydrogen) atoms. The molecule has 0 aliphatic carbocycles. The van der Waals surface area contributed by atoms with Crippen LogP contribution in [0.5, 0.6) is 0 Å². The van der Waals surface area contributed by atoms with Crippen molar-refractivity contribution >= 4 is 11.9 Å². The molecule has 2 aliphatic heterocycles. The number of likely N-dealkylation sites (N-methyl/N-ethyl adjacent to an activating group) is 1. The van der Waals surface area contributed by atoms with Gasteiger partial charge in [-0.3, -0.25) is 9.59 Å². The zero-order chi connectivity index (χ0) is 14.7. The van der Waals surface area contributed by atoms with Gasteiger partial charge >= 0.3 is 5.97 Å². The minimum absolute atomic E-state index is 0.0715. The fourth-order valence-corrected chi connectivity index (χ4v) is 2.89. The number of hydrogen-bond acceptors (Lipinski definition) is 5. The van der Waals surface area contributed by atoms with E-state index >= 15 is 0 Å². The Morgan fingerprint density at radius 2 is 2.10 bits per heavy atom. The molecule has 0 spiro atoms. The van der Waals surface area contributed by atoms with Crippen LogP contribution in [-0.4, -0.2) is 66.4 Å². The molecule has 2 heterocycles. The van der Waals surface area contributed by atoms with E-state index in [9.17, 15) is 14.7 Å². The standard InChI is InChI=1S/C13H22N2O5/c1-2-15(10-7-19-6-9(10)13(17)18)12(16)11-4-3-8(5-14)20-11/h8-11H,2-7,14H2,1H3,(H,17,18). The molecule has 3 N–H and O–H groups in total. The van der Waals surface area contributed by atoms with Gasteiger partial charge in [0, 0.05) is 13.1 Å². The highest BCUT2D eigenvalue weighted by Gasteiger charge is 2.42. The molecule has 1 amide bonds. The van der Waals surface area contributed by atoms with Crippen LogP contribution in [0.15, 0.2) is 0 Å². The molecule has 0 aromatic rings. The molecule has 0 aromatic carbocycles. The predicted molar refractivity (Wildman–Crippen MR) is 70.1 cm³/mol. The summed E-state index contributed by atoms with van der Waals surface area (Å²) in [5.74, 6) is -1.73. The van der Waals surface area contributed by atoms with Crippen LogP contribution in [0.1, 0.15) is 19.8 Å². The summed E-state index contributed by atoms with van der Waals surface area (Å²) in [6.45, 7) is 3.11. The van der Waals surface area contributed by atoms with Gasteiger partial charge in [-0.15, -0.1) is 0 Å². The molecule has 114 valence electrons. The normalized spacial score (nSPS) is 33.3. The van der Waals surface area contributed by atoms with Crippen molar-refractivity contribution in [2.45, 2.75) is 38.0 Å². The molecule has 2 fully saturated rings. The van der Waals surface area contributed by atoms with Crippen molar-refractivity contribution < 1.29 is 24.2 Å². The Labute approximate surface area is 118 Å². The summed E-state index contributed by atoms with van der Waals surface area (Å²) in [5.41, 5.74) is 5.54. The molecule has 0 aromatic heterocycles. The zero-order valence-electron chi connectivity index (χ0n) is 11.7. The highest BCUT2D eigenvalue weighted by molar-refractivity contribution is 5.82. The summed E-state index contributed by atoms with van der Waals surface area (Å²) in [7, 11) is 0. The van der Waals surface area contributed by atoms with Gasteiger partial charge in [-0.05, 0) is 19.8 Å². The first kappa shape index (κ1) is 15.2. The predicted octanol–water partition coefficient (Wildman–Crippen LogP) is -0.559. The van der Waals surface area contributed by atoms with Crippen molar-refractivity contribution in [3.63, 3.8) is 0 Å². The van der Waals surface area contributed by atoms with Gasteiger partial charge in [0.15, 0.2) is 0 Å². The molecular formula is C13H22N2O5. The molecule has 2 rings (SSSR count). The lowest BCUT2D eigenvalue weighted by Crippen LogP contribution is -2.50. The van der Waals surface area contributed by atoms with Gasteiger partial charge in [-0.1, -0.05) is 0 Å². The van der Waals surface area contributed by atoms with Gasteiger partial charge in [0.1, 0.15) is 12.0 Å². The Hall–Kier alpha value is -1.18. The Bertz CT molecular complexity index is 376. The lowest BCUT2D eigenvalue weighted by Gasteiger charge is -2.31. The van der Waals surface area contributed by atoms with Crippen LogP contribution < -0.4 is 5.73 Å². The lowest BCUT2D eigenvalue weighted by atomic mass is 10.0. The molecule has 7 heteroatoms. The molecule has 0 radical (unpaired) electrons. The maximum atomic E-state index is 12.5. The number of carboxylic acid groups (broad SMARTS) is 1. The number of carboxylic acids is 1. The molecule has 0 saturated carbocycles. The van der Waals surface area contributed by atoms with E-state index in [1.165, 1.54) is 0 Å². The number of nitrogens with zero attached hydrogens (tertiary/aromatic N) is 1. The van der Waals surface area contributed by atoms with Crippen LogP contribution in [0.4, 0.5) is 0 Å². The third-order valence-electron chi connectivity index (χ3n) is 4.04. The van der Waals surface area contributed by atoms with E-state index in [0.29, 0.717) is 19.5 Å². The quantitative estimate of drug-likeness (QED) is 0.702. The maximum Gasteiger partial charge on any atom is 0.311 e. The number of hydrogen-bond donors (Lipinski definition) is 2. The number of amides is 1. The van der Waals surface area contributed by atoms with Gasteiger partial charge in [0.2, 0.25) is 0 Å². The highest BCUT2D eigenvalue weighted by atomic mass is 16.5. The average molecular weight is 286 g/mol. The van der Waals surface area contributed by atoms with Gasteiger partial charge in [-0.25, -0.2) is 0 Å². The van der Waals surface area contributed by atoms with Gasteiger partial charge in [-0.2, -0.15) is 0 Å². The highest BCUT2D eigenvalue weighted by Crippen LogP contribution is 2.25. The summed E-state index contributed by atoms with van der Waals surface area (Å²) in [6, 6.07) is -0.412. The smallest absolute Gasteiger partial charge is 0.311 e. The minimum atomic E-state index is -0.925. The van der Waals surface area contributed by atoms with Crippen molar-refractivity contribution in [1.82, 2.24) is 4.90 Å². The molecule has 4 atom stereocenters. The van der Waals surface area contributed by atoms with Gasteiger partial charge in [0.05, 0.1) is 25.4 Å². The first-order valence-electron chi connectivity index (χ1n) is 7.05. The van der Waals surface area contributed by atoms with Crippen molar-refractivity contribution in [1.29, 1.82) is 0 Å². The second-order valence-electron chi connectivity index (χ2n) is 5.23. The number of aliphatic carboxylic acids is 1. The van der Waals surface area contributed by atoms with Crippen LogP contribution in [0.3, 0.4) is 0 Å². The van der Waals surface area contributed by atoms with E-state index in [0.717, 1.165) is 6.42 Å². The molecule has 2 aliphatic rings. The summed E-state index contributed by atoms with van der Waals surface area (Å²) in [6.07, 6.45) is 0.840. The topological polar surface area (TPSA) is 102 Å². The fraction of sp³-hybridized carbons (Fsp3) is 0.846. The van der Waals surface area contributed by atoms with Crippen LogP contribution in [0.2, 0.25) is 0 Å². The van der Waals surface area contributed by atoms with Crippen molar-refractivity contribution in [2.24, 2.45) is 11.7 Å². The second kappa shape index (κ2) is 6.51. The van der Waals surface area contributed by atoms with E-state index in [1.807, 2.05) is 6.92 Å². The third-order valence-corrected chi connectivity index (χ3v) is 4.04. The number of rotatable bonds is 5. The summed E-state index contributed by atoms with van der Waals surface area (Å²) in [5, 5.41) is 9.19. The van der Waals surface area contributed by atoms with E-state index < -0.39 is 24.0 Å². The third kappa shape index (κ3) is 2.94. The fourth-order valence-electron chi connectivity index (χ4n) is 2.89. The Balaban J connectivity index is 2.04. The average Bonchev–Trinajstić information content (AvgIpc) is 3.08. The number of carbonyl (C=O) groups excluding carboxylic acids is 1. The monoisotopic (exact) mass is 286 g/mol. The first-order valence-corrected chi connectivity index (χ1v) is 7.05. The van der Waals surface area contributed by atoms with E-state index in [4.69, 9.17) is 15.2 Å². The molecule has 2 saturated heterocycles. The largest absolute Gasteiger partial charge is 0.481 e. The lowest BCUT2D eigenvalue weighted by molar-refractivity contribution is -0.149. The molecule has 7 nitrogen and oxygen atoms in total. The van der Waals surface area contributed by atoms with Crippen molar-refractivity contribution in [2.75, 3.05) is 26.3 Å². The number of carbonyl (C=O) groups is 2. The van der Waals surface area contributed by atoms with Crippen molar-refractivity contribution in [3.05, 3.63) is 0 Å². The number of ether oxygens (including phenoxy) is 2. The van der Waals surface area contributed by atoms with Gasteiger partial charge < -0.3 is 25.2 Å². The number of nitrogens with two attached hydrogens (primary N) is 1. The summed E-state index contributed by atoms with van der Waals surface area (Å²) in [4.78, 5) is 25.3. The Kier molecular flexibility index (Phi) is 4.95. The van der Waals surface area contributed by atoms with Crippen LogP contribution in [0.25, 0.3) is 0 Å². The van der Waals surface area contributed by atoms with E-state index in [-0.39, 0.29) is 25.2 Å². The molecule has 4 unspecified atom stereocenters. The van der Waals surface area contributed by atoms with Crippen LogP contribution in [0, 0.1) is 5.92 Å². The Morgan fingerprint density at radius 1 is 1.35 bits per heavy atom. The van der Waals surface area contributed by atoms with Crippen molar-refractivity contribution in [3.8, 4) is 0 Å². The van der Waals surface area contributed by atoms with Crippen LogP contribution >= 0.6 is 0 Å². The van der Waals surface area contributed by atoms with E-state index in [1.54, 1.807) is 4.90 Å². The molecular weight excluding hydrogens is 264 g/mol. The molecule has 0 bridgehead atoms. The van der Waals surface area contributed by atoms with E-state index in [2.05, 4.69) is 0 Å². The Morgan fingerprint density at radius 3 is 2.65 bits per heavy atom. The summed E-state index contributed by atoms with van der Waals surface area (Å²) >= 11 is 0. The zero-order valence-corrected chi connectivity index (χ0v) is 11.7. The second-order valence-corrected chi connectivity index (χ2v) is 5.23. The minimum Gasteiger partial charge on any atom is -0.481 e. The first-order chi connectivity index (χ1) is 9.58. The summed E-state index contributed by atoms with van der Waals surface area (Å²) < 4.78 is 10.8. The van der Waals surface area contributed by atoms with Gasteiger partial charge in [0.25, 0.3) is 5.91 Å². The maximum absolute atomic E-state index is 12.5. The SMILES string of the molecule is CCN(C(=O)C1CCC(CN)O1)C1COCC1C(=O)O.